The van der Waals surface area contributed by atoms with Gasteiger partial charge in [-0.1, -0.05) is 13.8 Å². The van der Waals surface area contributed by atoms with E-state index in [0.717, 1.165) is 6.20 Å². The number of piperidine rings is 1. The van der Waals surface area contributed by atoms with Gasteiger partial charge in [-0.15, -0.1) is 0 Å². The highest BCUT2D eigenvalue weighted by Gasteiger charge is 2.48. The maximum atomic E-state index is 13.5. The van der Waals surface area contributed by atoms with Crippen molar-refractivity contribution in [1.82, 2.24) is 9.97 Å². The van der Waals surface area contributed by atoms with Crippen LogP contribution in [0.2, 0.25) is 0 Å². The van der Waals surface area contributed by atoms with Gasteiger partial charge in [0.25, 0.3) is 0 Å². The first-order chi connectivity index (χ1) is 9.83. The predicted molar refractivity (Wildman–Crippen MR) is 79.0 cm³/mol. The van der Waals surface area contributed by atoms with E-state index < -0.39 is 16.8 Å². The Hall–Kier alpha value is -1.47. The van der Waals surface area contributed by atoms with Crippen molar-refractivity contribution in [1.29, 1.82) is 0 Å². The Morgan fingerprint density at radius 2 is 2.24 bits per heavy atom. The molecule has 118 valence electrons. The number of methoxy groups -OCH3 is 1. The van der Waals surface area contributed by atoms with Crippen molar-refractivity contribution in [3.63, 3.8) is 0 Å². The lowest BCUT2D eigenvalue weighted by Crippen LogP contribution is -2.59. The van der Waals surface area contributed by atoms with Crippen molar-refractivity contribution >= 4 is 11.8 Å². The normalized spacial score (nSPS) is 25.0. The van der Waals surface area contributed by atoms with Crippen molar-refractivity contribution in [2.75, 3.05) is 44.1 Å². The Kier molecular flexibility index (Phi) is 4.34. The van der Waals surface area contributed by atoms with E-state index in [4.69, 9.17) is 4.74 Å². The first-order valence-electron chi connectivity index (χ1n) is 6.99. The highest BCUT2D eigenvalue weighted by Crippen LogP contribution is 2.39. The minimum Gasteiger partial charge on any atom is -0.387 e. The number of nitrogens with one attached hydrogen (secondary N) is 1. The van der Waals surface area contributed by atoms with Gasteiger partial charge in [0.05, 0.1) is 18.4 Å². The Balaban J connectivity index is 2.22. The molecule has 2 rings (SSSR count). The molecule has 1 aliphatic heterocycles. The molecule has 0 unspecified atom stereocenters. The Labute approximate surface area is 124 Å². The molecule has 2 N–H and O–H groups in total. The summed E-state index contributed by atoms with van der Waals surface area (Å²) in [6.07, 6.45) is 1.71. The third kappa shape index (κ3) is 2.94. The number of hydrogen-bond donors (Lipinski definition) is 2. The average molecular weight is 298 g/mol. The van der Waals surface area contributed by atoms with E-state index in [0.29, 0.717) is 32.1 Å². The predicted octanol–water partition coefficient (Wildman–Crippen LogP) is 1.27. The number of nitrogens with zero attached hydrogens (tertiary/aromatic N) is 3. The first kappa shape index (κ1) is 15.9. The van der Waals surface area contributed by atoms with Gasteiger partial charge in [0.1, 0.15) is 0 Å². The van der Waals surface area contributed by atoms with Gasteiger partial charge in [0, 0.05) is 32.7 Å². The van der Waals surface area contributed by atoms with Gasteiger partial charge in [-0.2, -0.15) is 4.98 Å². The molecule has 1 aromatic heterocycles. The lowest BCUT2D eigenvalue weighted by atomic mass is 9.70. The fourth-order valence-corrected chi connectivity index (χ4v) is 2.72. The number of aliphatic hydroxyl groups is 1. The van der Waals surface area contributed by atoms with Crippen molar-refractivity contribution in [2.24, 2.45) is 5.41 Å². The topological polar surface area (TPSA) is 70.5 Å². The van der Waals surface area contributed by atoms with Crippen LogP contribution < -0.4 is 10.2 Å². The number of hydrogen-bond acceptors (Lipinski definition) is 6. The lowest BCUT2D eigenvalue weighted by Gasteiger charge is -2.49. The van der Waals surface area contributed by atoms with E-state index in [1.807, 2.05) is 18.7 Å². The lowest BCUT2D eigenvalue weighted by molar-refractivity contribution is -0.122. The maximum Gasteiger partial charge on any atom is 0.227 e. The summed E-state index contributed by atoms with van der Waals surface area (Å²) in [5.41, 5.74) is -1.27. The molecule has 0 spiro atoms. The molecule has 2 heterocycles. The van der Waals surface area contributed by atoms with Gasteiger partial charge >= 0.3 is 0 Å². The Morgan fingerprint density at radius 3 is 2.81 bits per heavy atom. The van der Waals surface area contributed by atoms with E-state index >= 15 is 0 Å². The van der Waals surface area contributed by atoms with Crippen LogP contribution in [0.15, 0.2) is 6.20 Å². The third-order valence-corrected chi connectivity index (χ3v) is 4.28. The summed E-state index contributed by atoms with van der Waals surface area (Å²) >= 11 is 0. The molecular weight excluding hydrogens is 275 g/mol. The largest absolute Gasteiger partial charge is 0.387 e. The number of halogens is 1. The van der Waals surface area contributed by atoms with Gasteiger partial charge in [0.15, 0.2) is 11.6 Å². The zero-order chi connectivity index (χ0) is 15.7. The smallest absolute Gasteiger partial charge is 0.227 e. The highest BCUT2D eigenvalue weighted by atomic mass is 19.1. The summed E-state index contributed by atoms with van der Waals surface area (Å²) in [5, 5.41) is 13.5. The second-order valence-electron chi connectivity index (χ2n) is 6.14. The number of anilines is 2. The third-order valence-electron chi connectivity index (χ3n) is 4.28. The zero-order valence-corrected chi connectivity index (χ0v) is 13.0. The van der Waals surface area contributed by atoms with E-state index in [2.05, 4.69) is 15.3 Å². The van der Waals surface area contributed by atoms with E-state index in [9.17, 15) is 9.50 Å². The molecule has 21 heavy (non-hydrogen) atoms. The summed E-state index contributed by atoms with van der Waals surface area (Å²) in [5.74, 6) is 0.164. The van der Waals surface area contributed by atoms with Crippen LogP contribution in [0.1, 0.15) is 20.3 Å². The van der Waals surface area contributed by atoms with Gasteiger partial charge < -0.3 is 20.1 Å². The van der Waals surface area contributed by atoms with E-state index in [-0.39, 0.29) is 5.82 Å². The zero-order valence-electron chi connectivity index (χ0n) is 13.0. The fourth-order valence-electron chi connectivity index (χ4n) is 2.72. The van der Waals surface area contributed by atoms with Crippen LogP contribution in [0.3, 0.4) is 0 Å². The molecule has 0 bridgehead atoms. The molecular formula is C14H23FN4O2. The molecule has 6 nitrogen and oxygen atoms in total. The van der Waals surface area contributed by atoms with Gasteiger partial charge in [-0.05, 0) is 6.42 Å². The molecule has 0 amide bonds. The molecule has 1 saturated heterocycles. The van der Waals surface area contributed by atoms with Crippen molar-refractivity contribution in [3.8, 4) is 0 Å². The van der Waals surface area contributed by atoms with Crippen molar-refractivity contribution < 1.29 is 14.2 Å². The molecule has 1 aliphatic rings. The van der Waals surface area contributed by atoms with Crippen LogP contribution >= 0.6 is 0 Å². The molecule has 1 aromatic rings. The first-order valence-corrected chi connectivity index (χ1v) is 6.99. The van der Waals surface area contributed by atoms with E-state index in [1.165, 1.54) is 0 Å². The summed E-state index contributed by atoms with van der Waals surface area (Å²) in [6, 6.07) is 0. The van der Waals surface area contributed by atoms with Gasteiger partial charge in [-0.25, -0.2) is 9.37 Å². The van der Waals surface area contributed by atoms with Crippen molar-refractivity contribution in [3.05, 3.63) is 12.0 Å². The second kappa shape index (κ2) is 5.73. The molecule has 1 fully saturated rings. The Morgan fingerprint density at radius 1 is 1.52 bits per heavy atom. The van der Waals surface area contributed by atoms with Crippen LogP contribution in [0.5, 0.6) is 0 Å². The van der Waals surface area contributed by atoms with Crippen LogP contribution in [-0.4, -0.2) is 54.5 Å². The molecule has 0 aromatic carbocycles. The summed E-state index contributed by atoms with van der Waals surface area (Å²) in [7, 11) is 3.20. The van der Waals surface area contributed by atoms with Crippen LogP contribution in [0.25, 0.3) is 0 Å². The summed E-state index contributed by atoms with van der Waals surface area (Å²) in [6.45, 7) is 5.43. The minimum absolute atomic E-state index is 0.176. The molecule has 1 atom stereocenters. The summed E-state index contributed by atoms with van der Waals surface area (Å²) in [4.78, 5) is 10.2. The molecule has 7 heteroatoms. The van der Waals surface area contributed by atoms with E-state index in [1.54, 1.807) is 14.2 Å². The van der Waals surface area contributed by atoms with Crippen LogP contribution in [-0.2, 0) is 4.74 Å². The fraction of sp³-hybridized carbons (Fsp3) is 0.714. The molecule has 0 radical (unpaired) electrons. The van der Waals surface area contributed by atoms with Crippen LogP contribution in [0.4, 0.5) is 16.2 Å². The standard InChI is InChI=1S/C14H23FN4O2/c1-13(2)8-19(6-5-14(13,20)9-21-4)12-17-7-10(15)11(16-3)18-12/h7,20H,5-6,8-9H2,1-4H3,(H,16,17,18)/t14-/m1/s1. The average Bonchev–Trinajstić information content (AvgIpc) is 2.43. The minimum atomic E-state index is -0.885. The monoisotopic (exact) mass is 298 g/mol. The highest BCUT2D eigenvalue weighted by molar-refractivity contribution is 5.42. The number of rotatable bonds is 4. The summed E-state index contributed by atoms with van der Waals surface area (Å²) < 4.78 is 18.6. The van der Waals surface area contributed by atoms with Crippen molar-refractivity contribution in [2.45, 2.75) is 25.9 Å². The van der Waals surface area contributed by atoms with Crippen LogP contribution in [0, 0.1) is 11.2 Å². The molecule has 0 saturated carbocycles. The molecule has 0 aliphatic carbocycles. The number of ether oxygens (including phenoxy) is 1. The quantitative estimate of drug-likeness (QED) is 0.872. The van der Waals surface area contributed by atoms with Gasteiger partial charge in [0.2, 0.25) is 5.95 Å². The Bertz CT molecular complexity index is 512. The second-order valence-corrected chi connectivity index (χ2v) is 6.14. The maximum absolute atomic E-state index is 13.5. The number of aromatic nitrogens is 2. The van der Waals surface area contributed by atoms with Gasteiger partial charge in [-0.3, -0.25) is 0 Å². The SMILES string of the molecule is CNc1nc(N2CC[C@@](O)(COC)C(C)(C)C2)ncc1F.